The van der Waals surface area contributed by atoms with Gasteiger partial charge in [0.15, 0.2) is 6.61 Å². The van der Waals surface area contributed by atoms with E-state index in [0.29, 0.717) is 27.7 Å². The van der Waals surface area contributed by atoms with Crippen LogP contribution in [0.1, 0.15) is 37.4 Å². The summed E-state index contributed by atoms with van der Waals surface area (Å²) >= 11 is 0. The predicted octanol–water partition coefficient (Wildman–Crippen LogP) is 5.77. The highest BCUT2D eigenvalue weighted by Gasteiger charge is 2.19. The first-order valence-corrected chi connectivity index (χ1v) is 10.7. The first-order chi connectivity index (χ1) is 16.2. The van der Waals surface area contributed by atoms with E-state index in [1.54, 1.807) is 25.1 Å². The van der Waals surface area contributed by atoms with Gasteiger partial charge in [-0.15, -0.1) is 0 Å². The van der Waals surface area contributed by atoms with E-state index in [1.807, 2.05) is 44.2 Å². The van der Waals surface area contributed by atoms with Gasteiger partial charge >= 0.3 is 5.97 Å². The van der Waals surface area contributed by atoms with Gasteiger partial charge in [-0.1, -0.05) is 42.5 Å². The lowest BCUT2D eigenvalue weighted by molar-refractivity contribution is -0.385. The summed E-state index contributed by atoms with van der Waals surface area (Å²) in [6.07, 6.45) is 0. The van der Waals surface area contributed by atoms with Gasteiger partial charge in [0, 0.05) is 28.1 Å². The summed E-state index contributed by atoms with van der Waals surface area (Å²) < 4.78 is 5.33. The van der Waals surface area contributed by atoms with Crippen LogP contribution in [0.3, 0.4) is 0 Å². The number of carbonyl (C=O) groups is 2. The molecular formula is C27H22N2O5. The number of fused-ring (bicyclic) bond motifs is 1. The van der Waals surface area contributed by atoms with Crippen LogP contribution in [0.25, 0.3) is 22.2 Å². The molecular weight excluding hydrogens is 432 g/mol. The number of Topliss-reactive ketones (excluding diaryl/α,β-unsaturated/α-hetero) is 1. The fourth-order valence-corrected chi connectivity index (χ4v) is 3.66. The highest BCUT2D eigenvalue weighted by atomic mass is 16.6. The molecule has 1 heterocycles. The van der Waals surface area contributed by atoms with Crippen LogP contribution in [0.2, 0.25) is 0 Å². The van der Waals surface area contributed by atoms with Crippen LogP contribution in [0.4, 0.5) is 5.69 Å². The molecule has 0 aliphatic rings. The van der Waals surface area contributed by atoms with Gasteiger partial charge in [-0.2, -0.15) is 0 Å². The third-order valence-corrected chi connectivity index (χ3v) is 5.80. The summed E-state index contributed by atoms with van der Waals surface area (Å²) in [5, 5.41) is 11.8. The lowest BCUT2D eigenvalue weighted by atomic mass is 10.0. The Kier molecular flexibility index (Phi) is 6.19. The highest BCUT2D eigenvalue weighted by molar-refractivity contribution is 6.06. The van der Waals surface area contributed by atoms with Crippen LogP contribution in [0.5, 0.6) is 0 Å². The standard InChI is InChI=1S/C27H22N2O5/c1-16-8-10-19(12-18(16)3)24-14-22(21-6-4-5-7-23(21)28-24)27(31)34-15-26(30)20-11-9-17(2)25(13-20)29(32)33/h4-14H,15H2,1-3H3. The van der Waals surface area contributed by atoms with E-state index >= 15 is 0 Å². The van der Waals surface area contributed by atoms with E-state index < -0.39 is 23.3 Å². The van der Waals surface area contributed by atoms with Crippen LogP contribution in [-0.2, 0) is 4.74 Å². The summed E-state index contributed by atoms with van der Waals surface area (Å²) in [7, 11) is 0. The number of nitrogens with zero attached hydrogens (tertiary/aromatic N) is 2. The van der Waals surface area contributed by atoms with Crippen molar-refractivity contribution in [1.29, 1.82) is 0 Å². The molecule has 0 unspecified atom stereocenters. The molecule has 1 aromatic heterocycles. The van der Waals surface area contributed by atoms with E-state index in [4.69, 9.17) is 9.72 Å². The lowest BCUT2D eigenvalue weighted by Crippen LogP contribution is -2.15. The van der Waals surface area contributed by atoms with E-state index in [1.165, 1.54) is 18.2 Å². The Morgan fingerprint density at radius 3 is 2.38 bits per heavy atom. The minimum atomic E-state index is -0.668. The quantitative estimate of drug-likeness (QED) is 0.159. The Morgan fingerprint density at radius 1 is 0.912 bits per heavy atom. The van der Waals surface area contributed by atoms with E-state index in [0.717, 1.165) is 16.7 Å². The van der Waals surface area contributed by atoms with Crippen molar-refractivity contribution >= 4 is 28.3 Å². The number of carbonyl (C=O) groups excluding carboxylic acids is 2. The SMILES string of the molecule is Cc1ccc(-c2cc(C(=O)OCC(=O)c3ccc(C)c([N+](=O)[O-])c3)c3ccccc3n2)cc1C. The summed E-state index contributed by atoms with van der Waals surface area (Å²) in [5.41, 5.74) is 5.07. The number of ketones is 1. The molecule has 0 aliphatic carbocycles. The Balaban J connectivity index is 1.63. The monoisotopic (exact) mass is 454 g/mol. The fourth-order valence-electron chi connectivity index (χ4n) is 3.66. The van der Waals surface area contributed by atoms with Crippen molar-refractivity contribution in [3.05, 3.63) is 105 Å². The number of esters is 1. The molecule has 0 N–H and O–H groups in total. The van der Waals surface area contributed by atoms with Gasteiger partial charge in [-0.05, 0) is 50.1 Å². The summed E-state index contributed by atoms with van der Waals surface area (Å²) in [6, 6.07) is 19.0. The predicted molar refractivity (Wildman–Crippen MR) is 129 cm³/mol. The minimum Gasteiger partial charge on any atom is -0.454 e. The molecule has 3 aromatic carbocycles. The Morgan fingerprint density at radius 2 is 1.65 bits per heavy atom. The summed E-state index contributed by atoms with van der Waals surface area (Å²) in [6.45, 7) is 5.09. The molecule has 0 atom stereocenters. The van der Waals surface area contributed by atoms with Crippen molar-refractivity contribution in [2.24, 2.45) is 0 Å². The topological polar surface area (TPSA) is 99.4 Å². The first-order valence-electron chi connectivity index (χ1n) is 10.7. The molecule has 0 amide bonds. The molecule has 0 bridgehead atoms. The summed E-state index contributed by atoms with van der Waals surface area (Å²) in [4.78, 5) is 40.9. The van der Waals surface area contributed by atoms with Crippen LogP contribution >= 0.6 is 0 Å². The second kappa shape index (κ2) is 9.23. The van der Waals surface area contributed by atoms with E-state index in [-0.39, 0.29) is 11.3 Å². The molecule has 0 fully saturated rings. The molecule has 0 spiro atoms. The van der Waals surface area contributed by atoms with Crippen LogP contribution in [0.15, 0.2) is 66.7 Å². The van der Waals surface area contributed by atoms with Gasteiger partial charge in [0.2, 0.25) is 5.78 Å². The Hall–Kier alpha value is -4.39. The number of para-hydroxylation sites is 1. The molecule has 170 valence electrons. The number of ether oxygens (including phenoxy) is 1. The van der Waals surface area contributed by atoms with Crippen LogP contribution in [-0.4, -0.2) is 28.3 Å². The average molecular weight is 454 g/mol. The van der Waals surface area contributed by atoms with Gasteiger partial charge in [0.05, 0.1) is 21.7 Å². The number of aryl methyl sites for hydroxylation is 3. The number of benzene rings is 3. The number of aromatic nitrogens is 1. The molecule has 0 saturated carbocycles. The molecule has 7 heteroatoms. The van der Waals surface area contributed by atoms with Crippen molar-refractivity contribution in [2.75, 3.05) is 6.61 Å². The second-order valence-electron chi connectivity index (χ2n) is 8.13. The highest BCUT2D eigenvalue weighted by Crippen LogP contribution is 2.27. The normalized spacial score (nSPS) is 10.8. The molecule has 0 aliphatic heterocycles. The van der Waals surface area contributed by atoms with Gasteiger partial charge in [-0.25, -0.2) is 9.78 Å². The van der Waals surface area contributed by atoms with Crippen molar-refractivity contribution in [2.45, 2.75) is 20.8 Å². The lowest BCUT2D eigenvalue weighted by Gasteiger charge is -2.11. The van der Waals surface area contributed by atoms with Gasteiger partial charge in [0.1, 0.15) is 0 Å². The van der Waals surface area contributed by atoms with E-state index in [2.05, 4.69) is 0 Å². The molecule has 4 aromatic rings. The fraction of sp³-hybridized carbons (Fsp3) is 0.148. The largest absolute Gasteiger partial charge is 0.454 e. The number of nitro groups is 1. The van der Waals surface area contributed by atoms with E-state index in [9.17, 15) is 19.7 Å². The molecule has 4 rings (SSSR count). The van der Waals surface area contributed by atoms with Gasteiger partial charge in [0.25, 0.3) is 5.69 Å². The molecule has 7 nitrogen and oxygen atoms in total. The van der Waals surface area contributed by atoms with Crippen molar-refractivity contribution in [1.82, 2.24) is 4.98 Å². The average Bonchev–Trinajstić information content (AvgIpc) is 2.83. The maximum atomic E-state index is 13.0. The zero-order valence-corrected chi connectivity index (χ0v) is 19.0. The van der Waals surface area contributed by atoms with Gasteiger partial charge < -0.3 is 4.74 Å². The second-order valence-corrected chi connectivity index (χ2v) is 8.13. The van der Waals surface area contributed by atoms with Crippen LogP contribution in [0, 0.1) is 30.9 Å². The maximum Gasteiger partial charge on any atom is 0.339 e. The maximum absolute atomic E-state index is 13.0. The third kappa shape index (κ3) is 4.54. The van der Waals surface area contributed by atoms with Crippen molar-refractivity contribution in [3.8, 4) is 11.3 Å². The first kappa shape index (κ1) is 22.8. The molecule has 34 heavy (non-hydrogen) atoms. The number of rotatable bonds is 6. The minimum absolute atomic E-state index is 0.112. The van der Waals surface area contributed by atoms with Crippen molar-refractivity contribution < 1.29 is 19.2 Å². The zero-order chi connectivity index (χ0) is 24.4. The zero-order valence-electron chi connectivity index (χ0n) is 19.0. The third-order valence-electron chi connectivity index (χ3n) is 5.80. The smallest absolute Gasteiger partial charge is 0.339 e. The van der Waals surface area contributed by atoms with Crippen molar-refractivity contribution in [3.63, 3.8) is 0 Å². The number of hydrogen-bond acceptors (Lipinski definition) is 6. The number of nitro benzene ring substituents is 1. The molecule has 0 radical (unpaired) electrons. The number of pyridine rings is 1. The molecule has 0 saturated heterocycles. The summed E-state index contributed by atoms with van der Waals surface area (Å²) in [5.74, 6) is -1.19. The Bertz CT molecular complexity index is 1460. The number of hydrogen-bond donors (Lipinski definition) is 0. The Labute approximate surface area is 196 Å². The van der Waals surface area contributed by atoms with Crippen LogP contribution < -0.4 is 0 Å². The van der Waals surface area contributed by atoms with Gasteiger partial charge in [-0.3, -0.25) is 14.9 Å².